The highest BCUT2D eigenvalue weighted by atomic mass is 32.2. The molecule has 0 aliphatic carbocycles. The predicted molar refractivity (Wildman–Crippen MR) is 106 cm³/mol. The van der Waals surface area contributed by atoms with Gasteiger partial charge in [0.2, 0.25) is 10.0 Å². The maximum Gasteiger partial charge on any atom is 0.243 e. The molecule has 2 aliphatic rings. The highest BCUT2D eigenvalue weighted by Gasteiger charge is 2.30. The van der Waals surface area contributed by atoms with Gasteiger partial charge >= 0.3 is 0 Å². The summed E-state index contributed by atoms with van der Waals surface area (Å²) in [5, 5.41) is 8.67. The third-order valence-electron chi connectivity index (χ3n) is 5.40. The molecule has 150 valence electrons. The van der Waals surface area contributed by atoms with Gasteiger partial charge in [0, 0.05) is 39.3 Å². The number of hydrogen-bond donors (Lipinski definition) is 0. The van der Waals surface area contributed by atoms with Gasteiger partial charge in [0.1, 0.15) is 5.82 Å². The van der Waals surface area contributed by atoms with Crippen LogP contribution in [0.2, 0.25) is 0 Å². The van der Waals surface area contributed by atoms with Crippen molar-refractivity contribution >= 4 is 21.7 Å². The van der Waals surface area contributed by atoms with Gasteiger partial charge in [-0.2, -0.15) is 4.31 Å². The first-order chi connectivity index (χ1) is 13.4. The molecule has 2 aromatic rings. The van der Waals surface area contributed by atoms with Crippen molar-refractivity contribution in [1.82, 2.24) is 14.5 Å². The first-order valence-corrected chi connectivity index (χ1v) is 11.0. The highest BCUT2D eigenvalue weighted by Crippen LogP contribution is 2.24. The van der Waals surface area contributed by atoms with Gasteiger partial charge < -0.3 is 9.80 Å². The maximum absolute atomic E-state index is 13.6. The Kier molecular flexibility index (Phi) is 5.20. The van der Waals surface area contributed by atoms with Crippen LogP contribution in [0.4, 0.5) is 16.0 Å². The summed E-state index contributed by atoms with van der Waals surface area (Å²) < 4.78 is 40.8. The smallest absolute Gasteiger partial charge is 0.243 e. The summed E-state index contributed by atoms with van der Waals surface area (Å²) in [5.41, 5.74) is 0.548. The summed E-state index contributed by atoms with van der Waals surface area (Å²) in [7, 11) is -3.71. The number of halogens is 1. The number of aromatic nitrogens is 2. The van der Waals surface area contributed by atoms with Crippen LogP contribution >= 0.6 is 0 Å². The zero-order valence-corrected chi connectivity index (χ0v) is 16.7. The van der Waals surface area contributed by atoms with Gasteiger partial charge in [-0.05, 0) is 49.6 Å². The lowest BCUT2D eigenvalue weighted by molar-refractivity contribution is 0.383. The summed E-state index contributed by atoms with van der Waals surface area (Å²) >= 11 is 0. The Morgan fingerprint density at radius 1 is 0.857 bits per heavy atom. The van der Waals surface area contributed by atoms with Crippen molar-refractivity contribution in [1.29, 1.82) is 0 Å². The number of sulfonamides is 1. The first kappa shape index (κ1) is 19.1. The molecule has 3 heterocycles. The van der Waals surface area contributed by atoms with E-state index in [0.29, 0.717) is 31.7 Å². The van der Waals surface area contributed by atoms with Crippen LogP contribution in [0.5, 0.6) is 0 Å². The molecule has 1 aromatic heterocycles. The van der Waals surface area contributed by atoms with Crippen molar-refractivity contribution in [2.75, 3.05) is 49.1 Å². The number of benzene rings is 1. The molecule has 28 heavy (non-hydrogen) atoms. The van der Waals surface area contributed by atoms with Crippen LogP contribution in [-0.2, 0) is 10.0 Å². The van der Waals surface area contributed by atoms with Crippen molar-refractivity contribution in [3.63, 3.8) is 0 Å². The molecule has 0 atom stereocenters. The lowest BCUT2D eigenvalue weighted by Crippen LogP contribution is -2.49. The van der Waals surface area contributed by atoms with E-state index in [1.807, 2.05) is 17.0 Å². The normalized spacial score (nSPS) is 18.6. The van der Waals surface area contributed by atoms with Crippen molar-refractivity contribution in [3.8, 4) is 0 Å². The van der Waals surface area contributed by atoms with Crippen molar-refractivity contribution in [3.05, 3.63) is 41.7 Å². The average molecular weight is 405 g/mol. The minimum Gasteiger partial charge on any atom is -0.355 e. The largest absolute Gasteiger partial charge is 0.355 e. The number of hydrogen-bond acceptors (Lipinski definition) is 6. The van der Waals surface area contributed by atoms with Crippen LogP contribution in [0, 0.1) is 12.7 Å². The van der Waals surface area contributed by atoms with Gasteiger partial charge in [-0.25, -0.2) is 12.8 Å². The molecule has 7 nitrogen and oxygen atoms in total. The zero-order valence-electron chi connectivity index (χ0n) is 15.9. The Hall–Kier alpha value is -2.26. The third kappa shape index (κ3) is 3.68. The molecule has 0 N–H and O–H groups in total. The molecule has 0 amide bonds. The summed E-state index contributed by atoms with van der Waals surface area (Å²) in [4.78, 5) is 4.30. The Morgan fingerprint density at radius 3 is 2.00 bits per heavy atom. The van der Waals surface area contributed by atoms with Crippen LogP contribution in [0.1, 0.15) is 18.4 Å². The lowest BCUT2D eigenvalue weighted by Gasteiger charge is -2.34. The fourth-order valence-corrected chi connectivity index (χ4v) is 5.41. The predicted octanol–water partition coefficient (Wildman–Crippen LogP) is 2.04. The second kappa shape index (κ2) is 7.63. The molecule has 0 unspecified atom stereocenters. The van der Waals surface area contributed by atoms with Gasteiger partial charge in [-0.1, -0.05) is 6.07 Å². The van der Waals surface area contributed by atoms with Crippen molar-refractivity contribution in [2.24, 2.45) is 0 Å². The van der Waals surface area contributed by atoms with Crippen molar-refractivity contribution in [2.45, 2.75) is 24.7 Å². The van der Waals surface area contributed by atoms with Gasteiger partial charge in [0.25, 0.3) is 0 Å². The fourth-order valence-electron chi connectivity index (χ4n) is 3.75. The topological polar surface area (TPSA) is 69.6 Å². The Balaban J connectivity index is 1.43. The minimum absolute atomic E-state index is 0.0377. The molecule has 2 aliphatic heterocycles. The number of nitrogens with zero attached hydrogens (tertiary/aromatic N) is 5. The maximum atomic E-state index is 13.6. The number of rotatable bonds is 4. The summed E-state index contributed by atoms with van der Waals surface area (Å²) in [6, 6.07) is 7.79. The summed E-state index contributed by atoms with van der Waals surface area (Å²) in [6.45, 7) is 5.41. The van der Waals surface area contributed by atoms with E-state index in [1.165, 1.54) is 29.3 Å². The number of anilines is 2. The number of aryl methyl sites for hydroxylation is 1. The van der Waals surface area contributed by atoms with E-state index in [-0.39, 0.29) is 4.90 Å². The quantitative estimate of drug-likeness (QED) is 0.775. The molecule has 0 saturated carbocycles. The van der Waals surface area contributed by atoms with Crippen LogP contribution in [0.3, 0.4) is 0 Å². The van der Waals surface area contributed by atoms with E-state index in [4.69, 9.17) is 0 Å². The van der Waals surface area contributed by atoms with E-state index in [0.717, 1.165) is 30.8 Å². The fraction of sp³-hybridized carbons (Fsp3) is 0.474. The summed E-state index contributed by atoms with van der Waals surface area (Å²) in [5.74, 6) is 1.10. The van der Waals surface area contributed by atoms with Crippen LogP contribution in [0.15, 0.2) is 35.2 Å². The molecule has 0 bridgehead atoms. The summed E-state index contributed by atoms with van der Waals surface area (Å²) in [6.07, 6.45) is 2.37. The molecule has 2 fully saturated rings. The molecule has 9 heteroatoms. The first-order valence-electron chi connectivity index (χ1n) is 9.55. The molecule has 2 saturated heterocycles. The van der Waals surface area contributed by atoms with E-state index in [9.17, 15) is 12.8 Å². The Bertz CT molecular complexity index is 937. The Labute approximate surface area is 164 Å². The average Bonchev–Trinajstić information content (AvgIpc) is 3.25. The van der Waals surface area contributed by atoms with Gasteiger partial charge in [0.15, 0.2) is 11.6 Å². The second-order valence-electron chi connectivity index (χ2n) is 7.24. The molecule has 1 aromatic carbocycles. The second-order valence-corrected chi connectivity index (χ2v) is 9.15. The van der Waals surface area contributed by atoms with Crippen molar-refractivity contribution < 1.29 is 12.8 Å². The van der Waals surface area contributed by atoms with Gasteiger partial charge in [-0.15, -0.1) is 10.2 Å². The van der Waals surface area contributed by atoms with E-state index in [2.05, 4.69) is 15.1 Å². The van der Waals surface area contributed by atoms with Crippen LogP contribution in [-0.4, -0.2) is 62.2 Å². The molecule has 0 spiro atoms. The SMILES string of the molecule is Cc1ccc(F)cc1S(=O)(=O)N1CCN(c2ccc(N3CCCC3)nn2)CC1. The van der Waals surface area contributed by atoms with Gasteiger partial charge in [-0.3, -0.25) is 0 Å². The molecular weight excluding hydrogens is 381 g/mol. The lowest BCUT2D eigenvalue weighted by atomic mass is 10.2. The van der Waals surface area contributed by atoms with E-state index < -0.39 is 15.8 Å². The van der Waals surface area contributed by atoms with Gasteiger partial charge in [0.05, 0.1) is 4.90 Å². The number of piperazine rings is 1. The standard InChI is InChI=1S/C19H24FN5O2S/c1-15-4-5-16(20)14-17(15)28(26,27)25-12-10-24(11-13-25)19-7-6-18(21-22-19)23-8-2-3-9-23/h4-7,14H,2-3,8-13H2,1H3. The Morgan fingerprint density at radius 2 is 1.43 bits per heavy atom. The van der Waals surface area contributed by atoms with Crippen LogP contribution in [0.25, 0.3) is 0 Å². The zero-order chi connectivity index (χ0) is 19.7. The minimum atomic E-state index is -3.71. The van der Waals surface area contributed by atoms with Crippen LogP contribution < -0.4 is 9.80 Å². The third-order valence-corrected chi connectivity index (χ3v) is 7.44. The molecular formula is C19H24FN5O2S. The van der Waals surface area contributed by atoms with E-state index in [1.54, 1.807) is 6.92 Å². The monoisotopic (exact) mass is 405 g/mol. The molecule has 0 radical (unpaired) electrons. The molecule has 4 rings (SSSR count). The van der Waals surface area contributed by atoms with E-state index >= 15 is 0 Å². The highest BCUT2D eigenvalue weighted by molar-refractivity contribution is 7.89.